The Morgan fingerprint density at radius 3 is 2.64 bits per heavy atom. The normalized spacial score (nSPS) is 14.7. The number of pyridine rings is 1. The topological polar surface area (TPSA) is 59.2 Å². The number of fused-ring (bicyclic) bond motifs is 1. The molecule has 0 spiro atoms. The summed E-state index contributed by atoms with van der Waals surface area (Å²) in [5, 5.41) is 4.69. The molecule has 4 rings (SSSR count). The number of aromatic nitrogens is 2. The van der Waals surface area contributed by atoms with Gasteiger partial charge in [0.05, 0.1) is 16.6 Å². The van der Waals surface area contributed by atoms with Gasteiger partial charge in [0.15, 0.2) is 0 Å². The molecule has 6 heteroatoms. The van der Waals surface area contributed by atoms with Gasteiger partial charge in [0, 0.05) is 18.3 Å². The molecule has 2 heterocycles. The highest BCUT2D eigenvalue weighted by molar-refractivity contribution is 6.06. The zero-order valence-corrected chi connectivity index (χ0v) is 16.2. The third-order valence-corrected chi connectivity index (χ3v) is 5.56. The summed E-state index contributed by atoms with van der Waals surface area (Å²) in [5.41, 5.74) is 3.44. The molecule has 1 aliphatic rings. The van der Waals surface area contributed by atoms with E-state index in [4.69, 9.17) is 4.52 Å². The molecule has 1 aromatic carbocycles. The summed E-state index contributed by atoms with van der Waals surface area (Å²) in [7, 11) is 0. The van der Waals surface area contributed by atoms with Gasteiger partial charge in [0.1, 0.15) is 5.82 Å². The molecule has 0 bridgehead atoms. The Balaban J connectivity index is 1.65. The van der Waals surface area contributed by atoms with Crippen molar-refractivity contribution in [1.82, 2.24) is 15.0 Å². The largest absolute Gasteiger partial charge is 0.336 e. The average molecular weight is 381 g/mol. The second-order valence-corrected chi connectivity index (χ2v) is 7.57. The van der Waals surface area contributed by atoms with E-state index in [0.29, 0.717) is 35.3 Å². The van der Waals surface area contributed by atoms with Gasteiger partial charge in [0.25, 0.3) is 11.6 Å². The Kier molecular flexibility index (Phi) is 5.11. The highest BCUT2D eigenvalue weighted by Crippen LogP contribution is 2.28. The molecule has 146 valence electrons. The van der Waals surface area contributed by atoms with Crippen LogP contribution in [-0.4, -0.2) is 33.5 Å². The van der Waals surface area contributed by atoms with E-state index in [9.17, 15) is 9.18 Å². The fourth-order valence-corrected chi connectivity index (χ4v) is 4.11. The summed E-state index contributed by atoms with van der Waals surface area (Å²) in [6.45, 7) is 4.28. The summed E-state index contributed by atoms with van der Waals surface area (Å²) in [4.78, 5) is 19.9. The quantitative estimate of drug-likeness (QED) is 0.648. The van der Waals surface area contributed by atoms with Crippen LogP contribution >= 0.6 is 0 Å². The van der Waals surface area contributed by atoms with Crippen molar-refractivity contribution in [1.29, 1.82) is 0 Å². The number of carbonyl (C=O) groups excluding carboxylic acids is 1. The van der Waals surface area contributed by atoms with E-state index < -0.39 is 0 Å². The lowest BCUT2D eigenvalue weighted by atomic mass is 10.1. The molecular weight excluding hydrogens is 357 g/mol. The first-order chi connectivity index (χ1) is 13.5. The number of hydrogen-bond acceptors (Lipinski definition) is 4. The zero-order chi connectivity index (χ0) is 19.7. The van der Waals surface area contributed by atoms with Crippen molar-refractivity contribution in [2.75, 3.05) is 6.54 Å². The lowest BCUT2D eigenvalue weighted by Crippen LogP contribution is -2.40. The third-order valence-electron chi connectivity index (χ3n) is 5.56. The number of nitrogens with zero attached hydrogens (tertiary/aromatic N) is 3. The van der Waals surface area contributed by atoms with Crippen LogP contribution in [0.25, 0.3) is 11.1 Å². The Bertz CT molecular complexity index is 991. The first-order valence-electron chi connectivity index (χ1n) is 9.82. The summed E-state index contributed by atoms with van der Waals surface area (Å²) in [6.07, 6.45) is 5.01. The number of amides is 1. The van der Waals surface area contributed by atoms with Gasteiger partial charge in [-0.3, -0.25) is 4.79 Å². The van der Waals surface area contributed by atoms with E-state index in [0.717, 1.165) is 36.9 Å². The minimum absolute atomic E-state index is 0.00388. The van der Waals surface area contributed by atoms with Crippen LogP contribution in [0.15, 0.2) is 34.9 Å². The number of benzene rings is 1. The van der Waals surface area contributed by atoms with E-state index in [2.05, 4.69) is 10.1 Å². The SMILES string of the molecule is Cc1cc(C(=O)N(CCc2ccc(F)cc2)C2CCCC2)c2c(C)noc2n1. The van der Waals surface area contributed by atoms with Gasteiger partial charge in [-0.15, -0.1) is 0 Å². The van der Waals surface area contributed by atoms with Gasteiger partial charge in [0.2, 0.25) is 0 Å². The minimum Gasteiger partial charge on any atom is -0.336 e. The van der Waals surface area contributed by atoms with Gasteiger partial charge >= 0.3 is 0 Å². The first-order valence-corrected chi connectivity index (χ1v) is 9.82. The summed E-state index contributed by atoms with van der Waals surface area (Å²) < 4.78 is 18.5. The second-order valence-electron chi connectivity index (χ2n) is 7.57. The number of halogens is 1. The van der Waals surface area contributed by atoms with Gasteiger partial charge in [-0.1, -0.05) is 30.1 Å². The van der Waals surface area contributed by atoms with Gasteiger partial charge in [-0.25, -0.2) is 9.37 Å². The minimum atomic E-state index is -0.245. The molecule has 1 aliphatic carbocycles. The number of aryl methyl sites for hydroxylation is 2. The lowest BCUT2D eigenvalue weighted by Gasteiger charge is -2.29. The smallest absolute Gasteiger partial charge is 0.258 e. The molecule has 1 saturated carbocycles. The Morgan fingerprint density at radius 1 is 1.21 bits per heavy atom. The summed E-state index contributed by atoms with van der Waals surface area (Å²) in [6, 6.07) is 8.56. The predicted octanol–water partition coefficient (Wildman–Crippen LogP) is 4.61. The summed E-state index contributed by atoms with van der Waals surface area (Å²) in [5.74, 6) is -0.249. The maximum atomic E-state index is 13.6. The predicted molar refractivity (Wildman–Crippen MR) is 105 cm³/mol. The number of carbonyl (C=O) groups is 1. The van der Waals surface area contributed by atoms with Crippen LogP contribution in [0.2, 0.25) is 0 Å². The molecule has 3 aromatic rings. The van der Waals surface area contributed by atoms with Crippen molar-refractivity contribution in [3.05, 3.63) is 58.7 Å². The van der Waals surface area contributed by atoms with Gasteiger partial charge in [-0.05, 0) is 56.9 Å². The molecule has 0 N–H and O–H groups in total. The maximum absolute atomic E-state index is 13.6. The molecule has 0 unspecified atom stereocenters. The van der Waals surface area contributed by atoms with Crippen LogP contribution in [0.3, 0.4) is 0 Å². The van der Waals surface area contributed by atoms with Crippen molar-refractivity contribution in [3.8, 4) is 0 Å². The standard InChI is InChI=1S/C22H24FN3O2/c1-14-13-19(20-15(2)25-28-21(20)24-14)22(27)26(18-5-3-4-6-18)12-11-16-7-9-17(23)10-8-16/h7-10,13,18H,3-6,11-12H2,1-2H3. The number of hydrogen-bond donors (Lipinski definition) is 0. The van der Waals surface area contributed by atoms with E-state index in [-0.39, 0.29) is 17.8 Å². The molecule has 0 atom stereocenters. The fraction of sp³-hybridized carbons (Fsp3) is 0.409. The fourth-order valence-electron chi connectivity index (χ4n) is 4.11. The van der Waals surface area contributed by atoms with Crippen LogP contribution in [0.5, 0.6) is 0 Å². The van der Waals surface area contributed by atoms with Crippen molar-refractivity contribution in [2.24, 2.45) is 0 Å². The highest BCUT2D eigenvalue weighted by atomic mass is 19.1. The molecule has 0 saturated heterocycles. The van der Waals surface area contributed by atoms with Crippen molar-refractivity contribution in [2.45, 2.75) is 52.0 Å². The molecule has 1 fully saturated rings. The molecule has 1 amide bonds. The van der Waals surface area contributed by atoms with Crippen molar-refractivity contribution in [3.63, 3.8) is 0 Å². The lowest BCUT2D eigenvalue weighted by molar-refractivity contribution is 0.0685. The van der Waals surface area contributed by atoms with Crippen LogP contribution in [0.1, 0.15) is 53.0 Å². The van der Waals surface area contributed by atoms with E-state index in [1.807, 2.05) is 24.8 Å². The van der Waals surface area contributed by atoms with E-state index in [1.54, 1.807) is 12.1 Å². The van der Waals surface area contributed by atoms with Crippen molar-refractivity contribution < 1.29 is 13.7 Å². The van der Waals surface area contributed by atoms with Crippen LogP contribution in [0.4, 0.5) is 4.39 Å². The van der Waals surface area contributed by atoms with Gasteiger partial charge < -0.3 is 9.42 Å². The average Bonchev–Trinajstić information content (AvgIpc) is 3.33. The monoisotopic (exact) mass is 381 g/mol. The molecular formula is C22H24FN3O2. The summed E-state index contributed by atoms with van der Waals surface area (Å²) >= 11 is 0. The molecule has 2 aromatic heterocycles. The van der Waals surface area contributed by atoms with Crippen LogP contribution in [-0.2, 0) is 6.42 Å². The molecule has 28 heavy (non-hydrogen) atoms. The zero-order valence-electron chi connectivity index (χ0n) is 16.2. The Hall–Kier alpha value is -2.76. The van der Waals surface area contributed by atoms with Crippen molar-refractivity contribution >= 4 is 17.0 Å². The molecule has 5 nitrogen and oxygen atoms in total. The Labute approximate surface area is 163 Å². The third kappa shape index (κ3) is 3.63. The van der Waals surface area contributed by atoms with Gasteiger partial charge in [-0.2, -0.15) is 0 Å². The molecule has 0 radical (unpaired) electrons. The first kappa shape index (κ1) is 18.6. The van der Waals surface area contributed by atoms with E-state index in [1.165, 1.54) is 12.1 Å². The van der Waals surface area contributed by atoms with E-state index >= 15 is 0 Å². The van der Waals surface area contributed by atoms with Crippen LogP contribution < -0.4 is 0 Å². The second kappa shape index (κ2) is 7.70. The molecule has 0 aliphatic heterocycles. The van der Waals surface area contributed by atoms with Crippen LogP contribution in [0, 0.1) is 19.7 Å². The number of rotatable bonds is 5. The maximum Gasteiger partial charge on any atom is 0.258 e. The highest BCUT2D eigenvalue weighted by Gasteiger charge is 2.29. The Morgan fingerprint density at radius 2 is 1.93 bits per heavy atom.